The van der Waals surface area contributed by atoms with Crippen LogP contribution in [0, 0.1) is 18.6 Å². The van der Waals surface area contributed by atoms with E-state index in [4.69, 9.17) is 0 Å². The molecule has 1 aromatic carbocycles. The molecule has 0 unspecified atom stereocenters. The summed E-state index contributed by atoms with van der Waals surface area (Å²) in [5.74, 6) is -0.777. The lowest BCUT2D eigenvalue weighted by molar-refractivity contribution is 0.580. The summed E-state index contributed by atoms with van der Waals surface area (Å²) < 4.78 is 30.0. The quantitative estimate of drug-likeness (QED) is 0.785. The molecule has 0 bridgehead atoms. The van der Waals surface area contributed by atoms with E-state index in [0.29, 0.717) is 28.2 Å². The van der Waals surface area contributed by atoms with E-state index in [2.05, 4.69) is 9.98 Å². The van der Waals surface area contributed by atoms with Crippen molar-refractivity contribution in [1.29, 1.82) is 0 Å². The van der Waals surface area contributed by atoms with Gasteiger partial charge in [0.05, 0.1) is 5.56 Å². The molecule has 0 saturated carbocycles. The summed E-state index contributed by atoms with van der Waals surface area (Å²) in [5, 5.41) is 0. The average molecular weight is 289 g/mol. The highest BCUT2D eigenvalue weighted by Gasteiger charge is 2.20. The van der Waals surface area contributed by atoms with Crippen molar-refractivity contribution in [2.45, 2.75) is 20.8 Å². The molecule has 0 aliphatic carbocycles. The van der Waals surface area contributed by atoms with Gasteiger partial charge in [0.2, 0.25) is 0 Å². The highest BCUT2D eigenvalue weighted by molar-refractivity contribution is 6.01. The molecule has 0 spiro atoms. The summed E-state index contributed by atoms with van der Waals surface area (Å²) >= 11 is 0. The molecular weight excluding hydrogens is 272 g/mol. The molecule has 2 rings (SSSR count). The van der Waals surface area contributed by atoms with Gasteiger partial charge in [0.15, 0.2) is 0 Å². The van der Waals surface area contributed by atoms with E-state index >= 15 is 0 Å². The van der Waals surface area contributed by atoms with Crippen molar-refractivity contribution in [3.05, 3.63) is 53.5 Å². The highest BCUT2D eigenvalue weighted by Crippen LogP contribution is 2.29. The average Bonchev–Trinajstić information content (AvgIpc) is 2.82. The maximum absolute atomic E-state index is 14.2. The second-order valence-corrected chi connectivity index (χ2v) is 4.77. The molecule has 5 heteroatoms. The standard InChI is InChI=1S/C16H17F2N3/c1-5-6-19-11(3)14-10(2)15(13(18)9-12(14)17)16-20-7-8-21(16)4/h5-9H,1-4H3/b6-5-,19-11?. The van der Waals surface area contributed by atoms with Crippen molar-refractivity contribution in [3.8, 4) is 11.4 Å². The molecule has 2 aromatic rings. The molecule has 0 aliphatic rings. The predicted molar refractivity (Wildman–Crippen MR) is 80.3 cm³/mol. The summed E-state index contributed by atoms with van der Waals surface area (Å²) in [6, 6.07) is 0.890. The first-order chi connectivity index (χ1) is 9.97. The molecule has 1 heterocycles. The topological polar surface area (TPSA) is 30.2 Å². The van der Waals surface area contributed by atoms with Crippen molar-refractivity contribution in [3.63, 3.8) is 0 Å². The Morgan fingerprint density at radius 3 is 2.62 bits per heavy atom. The third kappa shape index (κ3) is 2.77. The monoisotopic (exact) mass is 289 g/mol. The van der Waals surface area contributed by atoms with Gasteiger partial charge >= 0.3 is 0 Å². The van der Waals surface area contributed by atoms with Gasteiger partial charge in [0, 0.05) is 43.0 Å². The Morgan fingerprint density at radius 2 is 2.05 bits per heavy atom. The van der Waals surface area contributed by atoms with Crippen LogP contribution in [0.1, 0.15) is 25.0 Å². The molecule has 0 aliphatic heterocycles. The van der Waals surface area contributed by atoms with Crippen LogP contribution in [0.2, 0.25) is 0 Å². The summed E-state index contributed by atoms with van der Waals surface area (Å²) in [6.07, 6.45) is 6.63. The molecule has 0 radical (unpaired) electrons. The third-order valence-corrected chi connectivity index (χ3v) is 3.30. The Bertz CT molecular complexity index is 727. The zero-order chi connectivity index (χ0) is 15.6. The van der Waals surface area contributed by atoms with Gasteiger partial charge in [-0.25, -0.2) is 13.8 Å². The zero-order valence-corrected chi connectivity index (χ0v) is 12.5. The lowest BCUT2D eigenvalue weighted by Crippen LogP contribution is -2.07. The first-order valence-electron chi connectivity index (χ1n) is 6.59. The number of nitrogens with zero attached hydrogens (tertiary/aromatic N) is 3. The fourth-order valence-electron chi connectivity index (χ4n) is 2.31. The van der Waals surface area contributed by atoms with Crippen molar-refractivity contribution >= 4 is 5.71 Å². The normalized spacial score (nSPS) is 12.4. The van der Waals surface area contributed by atoms with Crippen molar-refractivity contribution < 1.29 is 8.78 Å². The number of hydrogen-bond acceptors (Lipinski definition) is 2. The summed E-state index contributed by atoms with van der Waals surface area (Å²) in [7, 11) is 1.77. The van der Waals surface area contributed by atoms with Gasteiger partial charge in [0.1, 0.15) is 17.5 Å². The number of imidazole rings is 1. The second kappa shape index (κ2) is 5.99. The van der Waals surface area contributed by atoms with E-state index in [-0.39, 0.29) is 0 Å². The van der Waals surface area contributed by atoms with Crippen LogP contribution >= 0.6 is 0 Å². The van der Waals surface area contributed by atoms with Gasteiger partial charge in [-0.3, -0.25) is 4.99 Å². The molecule has 3 nitrogen and oxygen atoms in total. The van der Waals surface area contributed by atoms with Gasteiger partial charge in [-0.15, -0.1) is 0 Å². The fraction of sp³-hybridized carbons (Fsp3) is 0.250. The zero-order valence-electron chi connectivity index (χ0n) is 12.5. The number of aromatic nitrogens is 2. The molecule has 0 saturated heterocycles. The molecule has 0 N–H and O–H groups in total. The first kappa shape index (κ1) is 15.1. The van der Waals surface area contributed by atoms with Gasteiger partial charge in [0.25, 0.3) is 0 Å². The molecular formula is C16H17F2N3. The lowest BCUT2D eigenvalue weighted by Gasteiger charge is -2.13. The maximum atomic E-state index is 14.2. The summed E-state index contributed by atoms with van der Waals surface area (Å²) in [5.41, 5.74) is 1.60. The first-order valence-corrected chi connectivity index (χ1v) is 6.59. The number of halogens is 2. The van der Waals surface area contributed by atoms with Crippen LogP contribution in [-0.4, -0.2) is 15.3 Å². The van der Waals surface area contributed by atoms with Crippen LogP contribution in [0.4, 0.5) is 8.78 Å². The third-order valence-electron chi connectivity index (χ3n) is 3.30. The number of rotatable bonds is 3. The Kier molecular flexibility index (Phi) is 4.31. The van der Waals surface area contributed by atoms with Crippen molar-refractivity contribution in [1.82, 2.24) is 9.55 Å². The van der Waals surface area contributed by atoms with Gasteiger partial charge < -0.3 is 4.57 Å². The van der Waals surface area contributed by atoms with E-state index in [1.165, 1.54) is 0 Å². The Labute approximate surface area is 122 Å². The largest absolute Gasteiger partial charge is 0.334 e. The van der Waals surface area contributed by atoms with E-state index in [0.717, 1.165) is 6.07 Å². The summed E-state index contributed by atoms with van der Waals surface area (Å²) in [6.45, 7) is 5.20. The van der Waals surface area contributed by atoms with Gasteiger partial charge in [-0.2, -0.15) is 0 Å². The van der Waals surface area contributed by atoms with Crippen LogP contribution in [0.25, 0.3) is 11.4 Å². The van der Waals surface area contributed by atoms with Crippen molar-refractivity contribution in [2.75, 3.05) is 0 Å². The minimum absolute atomic E-state index is 0.300. The molecule has 21 heavy (non-hydrogen) atoms. The molecule has 0 fully saturated rings. The molecule has 0 amide bonds. The van der Waals surface area contributed by atoms with E-state index in [1.54, 1.807) is 50.1 Å². The van der Waals surface area contributed by atoms with E-state index in [9.17, 15) is 8.78 Å². The molecule has 110 valence electrons. The number of aliphatic imine (C=N–C) groups is 1. The molecule has 1 aromatic heterocycles. The number of aryl methyl sites for hydroxylation is 1. The van der Waals surface area contributed by atoms with Crippen molar-refractivity contribution in [2.24, 2.45) is 12.0 Å². The van der Waals surface area contributed by atoms with Crippen LogP contribution in [0.15, 0.2) is 35.7 Å². The minimum Gasteiger partial charge on any atom is -0.334 e. The summed E-state index contributed by atoms with van der Waals surface area (Å²) in [4.78, 5) is 8.30. The van der Waals surface area contributed by atoms with Crippen LogP contribution in [0.3, 0.4) is 0 Å². The Morgan fingerprint density at radius 1 is 1.33 bits per heavy atom. The lowest BCUT2D eigenvalue weighted by atomic mass is 9.97. The highest BCUT2D eigenvalue weighted by atomic mass is 19.1. The van der Waals surface area contributed by atoms with E-state index < -0.39 is 11.6 Å². The maximum Gasteiger partial charge on any atom is 0.142 e. The molecule has 0 atom stereocenters. The second-order valence-electron chi connectivity index (χ2n) is 4.77. The smallest absolute Gasteiger partial charge is 0.142 e. The minimum atomic E-state index is -0.623. The number of hydrogen-bond donors (Lipinski definition) is 0. The van der Waals surface area contributed by atoms with Crippen LogP contribution < -0.4 is 0 Å². The van der Waals surface area contributed by atoms with Gasteiger partial charge in [-0.1, -0.05) is 6.08 Å². The van der Waals surface area contributed by atoms with Gasteiger partial charge in [-0.05, 0) is 26.3 Å². The fourth-order valence-corrected chi connectivity index (χ4v) is 2.31. The van der Waals surface area contributed by atoms with Crippen LogP contribution in [-0.2, 0) is 7.05 Å². The van der Waals surface area contributed by atoms with Crippen LogP contribution in [0.5, 0.6) is 0 Å². The Balaban J connectivity index is 2.72. The van der Waals surface area contributed by atoms with E-state index in [1.807, 2.05) is 6.92 Å². The Hall–Kier alpha value is -2.30. The number of allylic oxidation sites excluding steroid dienone is 1. The number of benzene rings is 1. The predicted octanol–water partition coefficient (Wildman–Crippen LogP) is 4.02. The SMILES string of the molecule is C/C=C\N=C(C)c1c(F)cc(F)c(-c2nccn2C)c1C.